The van der Waals surface area contributed by atoms with Crippen molar-refractivity contribution >= 4 is 17.3 Å². The Kier molecular flexibility index (Phi) is 3.33. The van der Waals surface area contributed by atoms with Crippen molar-refractivity contribution in [1.82, 2.24) is 9.97 Å². The van der Waals surface area contributed by atoms with Gasteiger partial charge in [0.1, 0.15) is 0 Å². The minimum Gasteiger partial charge on any atom is -0.427 e. The van der Waals surface area contributed by atoms with Gasteiger partial charge in [-0.05, 0) is 6.07 Å². The van der Waals surface area contributed by atoms with Crippen molar-refractivity contribution in [2.75, 3.05) is 0 Å². The molecule has 0 spiro atoms. The van der Waals surface area contributed by atoms with E-state index >= 15 is 0 Å². The lowest BCUT2D eigenvalue weighted by Gasteiger charge is -2.05. The third kappa shape index (κ3) is 2.51. The van der Waals surface area contributed by atoms with Crippen molar-refractivity contribution in [1.29, 1.82) is 0 Å². The molecule has 0 bridgehead atoms. The number of para-hydroxylation sites is 1. The molecule has 92 valence electrons. The molecule has 0 saturated carbocycles. The standard InChI is InChI=1S/C10H5ClFN3O3/c11-8-4-13-5-9(14-8)18-10-6(12)2-1-3-7(10)15(16)17/h1-5H. The second kappa shape index (κ2) is 4.92. The van der Waals surface area contributed by atoms with Gasteiger partial charge in [0.2, 0.25) is 11.6 Å². The topological polar surface area (TPSA) is 78.2 Å². The Labute approximate surface area is 105 Å². The average molecular weight is 270 g/mol. The number of nitro groups is 1. The lowest BCUT2D eigenvalue weighted by Crippen LogP contribution is -1.97. The molecule has 0 radical (unpaired) electrons. The molecule has 0 aliphatic carbocycles. The fourth-order valence-corrected chi connectivity index (χ4v) is 1.36. The minimum atomic E-state index is -0.869. The van der Waals surface area contributed by atoms with Crippen LogP contribution in [0.5, 0.6) is 11.6 Å². The molecule has 0 aliphatic heterocycles. The number of benzene rings is 1. The Morgan fingerprint density at radius 3 is 2.83 bits per heavy atom. The lowest BCUT2D eigenvalue weighted by atomic mass is 10.3. The van der Waals surface area contributed by atoms with Crippen LogP contribution in [-0.4, -0.2) is 14.9 Å². The second-order valence-electron chi connectivity index (χ2n) is 3.13. The highest BCUT2D eigenvalue weighted by molar-refractivity contribution is 6.29. The van der Waals surface area contributed by atoms with Crippen LogP contribution < -0.4 is 4.74 Å². The summed E-state index contributed by atoms with van der Waals surface area (Å²) in [6, 6.07) is 3.38. The summed E-state index contributed by atoms with van der Waals surface area (Å²) in [4.78, 5) is 17.3. The lowest BCUT2D eigenvalue weighted by molar-refractivity contribution is -0.385. The number of aromatic nitrogens is 2. The van der Waals surface area contributed by atoms with Crippen molar-refractivity contribution in [2.45, 2.75) is 0 Å². The van der Waals surface area contributed by atoms with Gasteiger partial charge in [-0.1, -0.05) is 17.7 Å². The van der Waals surface area contributed by atoms with E-state index in [-0.39, 0.29) is 11.0 Å². The Morgan fingerprint density at radius 2 is 2.17 bits per heavy atom. The predicted molar refractivity (Wildman–Crippen MR) is 60.2 cm³/mol. The van der Waals surface area contributed by atoms with E-state index in [1.165, 1.54) is 18.5 Å². The molecule has 1 heterocycles. The van der Waals surface area contributed by atoms with Crippen LogP contribution in [0.3, 0.4) is 0 Å². The number of nitrogens with zero attached hydrogens (tertiary/aromatic N) is 3. The molecule has 0 N–H and O–H groups in total. The van der Waals surface area contributed by atoms with Gasteiger partial charge in [-0.2, -0.15) is 4.98 Å². The smallest absolute Gasteiger partial charge is 0.314 e. The van der Waals surface area contributed by atoms with Crippen molar-refractivity contribution in [2.24, 2.45) is 0 Å². The summed E-state index contributed by atoms with van der Waals surface area (Å²) in [6.45, 7) is 0. The maximum Gasteiger partial charge on any atom is 0.314 e. The maximum atomic E-state index is 13.5. The summed E-state index contributed by atoms with van der Waals surface area (Å²) in [5.41, 5.74) is -0.503. The van der Waals surface area contributed by atoms with Crippen LogP contribution in [0.2, 0.25) is 5.15 Å². The summed E-state index contributed by atoms with van der Waals surface area (Å²) in [7, 11) is 0. The van der Waals surface area contributed by atoms with Gasteiger partial charge in [0.15, 0.2) is 11.0 Å². The molecule has 0 fully saturated rings. The quantitative estimate of drug-likeness (QED) is 0.632. The fraction of sp³-hybridized carbons (Fsp3) is 0. The summed E-state index contributed by atoms with van der Waals surface area (Å²) >= 11 is 5.57. The average Bonchev–Trinajstić information content (AvgIpc) is 2.31. The van der Waals surface area contributed by atoms with E-state index in [0.717, 1.165) is 12.1 Å². The molecule has 0 amide bonds. The fourth-order valence-electron chi connectivity index (χ4n) is 1.22. The van der Waals surface area contributed by atoms with Crippen LogP contribution >= 0.6 is 11.6 Å². The highest BCUT2D eigenvalue weighted by Crippen LogP contribution is 2.32. The number of nitro benzene ring substituents is 1. The van der Waals surface area contributed by atoms with Crippen molar-refractivity contribution < 1.29 is 14.1 Å². The molecule has 0 aliphatic rings. The molecular formula is C10H5ClFN3O3. The summed E-state index contributed by atoms with van der Waals surface area (Å²) in [6.07, 6.45) is 2.42. The first-order valence-corrected chi connectivity index (χ1v) is 5.04. The molecule has 1 aromatic heterocycles. The molecule has 18 heavy (non-hydrogen) atoms. The zero-order chi connectivity index (χ0) is 13.1. The van der Waals surface area contributed by atoms with Gasteiger partial charge in [0, 0.05) is 6.07 Å². The van der Waals surface area contributed by atoms with E-state index in [9.17, 15) is 14.5 Å². The summed E-state index contributed by atoms with van der Waals surface area (Å²) < 4.78 is 18.5. The van der Waals surface area contributed by atoms with E-state index in [0.29, 0.717) is 0 Å². The SMILES string of the molecule is O=[N+]([O-])c1cccc(F)c1Oc1cncc(Cl)n1. The predicted octanol–water partition coefficient (Wildman–Crippen LogP) is 2.97. The molecular weight excluding hydrogens is 265 g/mol. The van der Waals surface area contributed by atoms with Crippen LogP contribution in [0, 0.1) is 15.9 Å². The van der Waals surface area contributed by atoms with Crippen molar-refractivity contribution in [3.8, 4) is 11.6 Å². The molecule has 8 heteroatoms. The van der Waals surface area contributed by atoms with Crippen LogP contribution in [-0.2, 0) is 0 Å². The summed E-state index contributed by atoms with van der Waals surface area (Å²) in [5, 5.41) is 10.8. The van der Waals surface area contributed by atoms with Gasteiger partial charge >= 0.3 is 5.69 Å². The Morgan fingerprint density at radius 1 is 1.39 bits per heavy atom. The van der Waals surface area contributed by atoms with Crippen LogP contribution in [0.4, 0.5) is 10.1 Å². The number of halogens is 2. The van der Waals surface area contributed by atoms with Gasteiger partial charge in [-0.3, -0.25) is 15.1 Å². The van der Waals surface area contributed by atoms with Gasteiger partial charge in [0.25, 0.3) is 0 Å². The number of hydrogen-bond donors (Lipinski definition) is 0. The summed E-state index contributed by atoms with van der Waals surface area (Å²) in [5.74, 6) is -1.53. The van der Waals surface area contributed by atoms with Gasteiger partial charge < -0.3 is 4.74 Å². The van der Waals surface area contributed by atoms with E-state index < -0.39 is 22.2 Å². The van der Waals surface area contributed by atoms with Crippen molar-refractivity contribution in [3.63, 3.8) is 0 Å². The first-order valence-electron chi connectivity index (χ1n) is 4.66. The van der Waals surface area contributed by atoms with Gasteiger partial charge in [-0.25, -0.2) is 4.39 Å². The highest BCUT2D eigenvalue weighted by Gasteiger charge is 2.20. The third-order valence-corrected chi connectivity index (χ3v) is 2.11. The monoisotopic (exact) mass is 269 g/mol. The van der Waals surface area contributed by atoms with Crippen LogP contribution in [0.1, 0.15) is 0 Å². The molecule has 0 unspecified atom stereocenters. The molecule has 6 nitrogen and oxygen atoms in total. The minimum absolute atomic E-state index is 0.0338. The Balaban J connectivity index is 2.42. The maximum absolute atomic E-state index is 13.5. The van der Waals surface area contributed by atoms with E-state index in [2.05, 4.69) is 9.97 Å². The zero-order valence-electron chi connectivity index (χ0n) is 8.71. The second-order valence-corrected chi connectivity index (χ2v) is 3.51. The normalized spacial score (nSPS) is 10.1. The molecule has 1 aromatic carbocycles. The van der Waals surface area contributed by atoms with Gasteiger partial charge in [-0.15, -0.1) is 0 Å². The van der Waals surface area contributed by atoms with E-state index in [1.54, 1.807) is 0 Å². The number of rotatable bonds is 3. The third-order valence-electron chi connectivity index (χ3n) is 1.93. The molecule has 2 rings (SSSR count). The molecule has 0 atom stereocenters. The largest absolute Gasteiger partial charge is 0.427 e. The first kappa shape index (κ1) is 12.2. The Hall–Kier alpha value is -2.28. The van der Waals surface area contributed by atoms with Crippen LogP contribution in [0.25, 0.3) is 0 Å². The first-order chi connectivity index (χ1) is 8.58. The highest BCUT2D eigenvalue weighted by atomic mass is 35.5. The zero-order valence-corrected chi connectivity index (χ0v) is 9.46. The number of ether oxygens (including phenoxy) is 1. The van der Waals surface area contributed by atoms with Crippen molar-refractivity contribution in [3.05, 3.63) is 51.7 Å². The van der Waals surface area contributed by atoms with E-state index in [1.807, 2.05) is 0 Å². The van der Waals surface area contributed by atoms with Crippen LogP contribution in [0.15, 0.2) is 30.6 Å². The molecule has 0 saturated heterocycles. The molecule has 2 aromatic rings. The number of hydrogen-bond acceptors (Lipinski definition) is 5. The van der Waals surface area contributed by atoms with Gasteiger partial charge in [0.05, 0.1) is 17.3 Å². The van der Waals surface area contributed by atoms with E-state index in [4.69, 9.17) is 16.3 Å². The Bertz CT molecular complexity index is 609.